The molecule has 1 saturated heterocycles. The first kappa shape index (κ1) is 20.5. The number of aromatic nitrogens is 2. The van der Waals surface area contributed by atoms with E-state index in [4.69, 9.17) is 11.6 Å². The number of carbonyl (C=O) groups is 1. The van der Waals surface area contributed by atoms with Gasteiger partial charge in [-0.25, -0.2) is 14.7 Å². The molecule has 3 aliphatic rings. The quantitative estimate of drug-likeness (QED) is 0.581. The van der Waals surface area contributed by atoms with E-state index in [9.17, 15) is 13.2 Å². The second-order valence-electron chi connectivity index (χ2n) is 9.36. The van der Waals surface area contributed by atoms with Gasteiger partial charge in [-0.1, -0.05) is 17.7 Å². The standard InChI is InChI=1S/C21H24ClN5O3S/c1-20(2)11-21-10-13(21)8-9-23-16-4-3-5-17(25-16)31(29,30)26-19(28)14-6-7-15(22)24-18(14)27(20)12-21/h3-7,13H,8-12H2,1-2H3,(H,23,25)(H,26,28). The predicted molar refractivity (Wildman–Crippen MR) is 118 cm³/mol. The summed E-state index contributed by atoms with van der Waals surface area (Å²) in [5.74, 6) is 0.695. The summed E-state index contributed by atoms with van der Waals surface area (Å²) in [6.45, 7) is 5.73. The molecule has 5 rings (SSSR count). The number of halogens is 1. The van der Waals surface area contributed by atoms with Crippen molar-refractivity contribution in [2.45, 2.75) is 43.7 Å². The number of pyridine rings is 2. The molecule has 2 aromatic rings. The van der Waals surface area contributed by atoms with Crippen molar-refractivity contribution >= 4 is 39.2 Å². The van der Waals surface area contributed by atoms with Crippen LogP contribution in [0.5, 0.6) is 0 Å². The Kier molecular flexibility index (Phi) is 4.50. The lowest BCUT2D eigenvalue weighted by Crippen LogP contribution is -2.41. The Hall–Kier alpha value is -2.39. The monoisotopic (exact) mass is 461 g/mol. The molecular weight excluding hydrogens is 438 g/mol. The maximum Gasteiger partial charge on any atom is 0.281 e. The number of nitrogens with zero attached hydrogens (tertiary/aromatic N) is 3. The lowest BCUT2D eigenvalue weighted by atomic mass is 9.92. The van der Waals surface area contributed by atoms with Gasteiger partial charge in [0.15, 0.2) is 5.03 Å². The third-order valence-corrected chi connectivity index (χ3v) is 8.16. The van der Waals surface area contributed by atoms with Gasteiger partial charge in [-0.2, -0.15) is 8.42 Å². The van der Waals surface area contributed by atoms with Crippen LogP contribution in [0.1, 0.15) is 43.5 Å². The van der Waals surface area contributed by atoms with E-state index in [0.717, 1.165) is 25.8 Å². The van der Waals surface area contributed by atoms with E-state index in [1.54, 1.807) is 12.1 Å². The van der Waals surface area contributed by atoms with Gasteiger partial charge in [0.05, 0.1) is 5.56 Å². The summed E-state index contributed by atoms with van der Waals surface area (Å²) in [6, 6.07) is 7.73. The first-order chi connectivity index (χ1) is 14.6. The van der Waals surface area contributed by atoms with Crippen LogP contribution in [0.4, 0.5) is 11.6 Å². The molecule has 164 valence electrons. The van der Waals surface area contributed by atoms with Crippen LogP contribution in [0, 0.1) is 11.3 Å². The molecule has 4 heterocycles. The van der Waals surface area contributed by atoms with Crippen LogP contribution in [-0.2, 0) is 10.0 Å². The maximum atomic E-state index is 13.1. The Balaban J connectivity index is 1.62. The van der Waals surface area contributed by atoms with Crippen molar-refractivity contribution in [1.29, 1.82) is 0 Å². The molecule has 2 aliphatic heterocycles. The summed E-state index contributed by atoms with van der Waals surface area (Å²) < 4.78 is 27.9. The zero-order valence-corrected chi connectivity index (χ0v) is 18.9. The van der Waals surface area contributed by atoms with Gasteiger partial charge in [-0.15, -0.1) is 0 Å². The van der Waals surface area contributed by atoms with Crippen LogP contribution in [0.15, 0.2) is 35.4 Å². The van der Waals surface area contributed by atoms with Gasteiger partial charge < -0.3 is 10.2 Å². The predicted octanol–water partition coefficient (Wildman–Crippen LogP) is 3.06. The molecule has 0 radical (unpaired) electrons. The molecule has 31 heavy (non-hydrogen) atoms. The molecule has 1 aliphatic carbocycles. The highest BCUT2D eigenvalue weighted by Gasteiger charge is 2.62. The third kappa shape index (κ3) is 3.53. The zero-order chi connectivity index (χ0) is 22.0. The smallest absolute Gasteiger partial charge is 0.281 e. The Morgan fingerprint density at radius 2 is 2.00 bits per heavy atom. The normalized spacial score (nSPS) is 28.3. The van der Waals surface area contributed by atoms with Crippen LogP contribution in [0.2, 0.25) is 5.15 Å². The highest BCUT2D eigenvalue weighted by atomic mass is 35.5. The first-order valence-electron chi connectivity index (χ1n) is 10.3. The van der Waals surface area contributed by atoms with Crippen molar-refractivity contribution in [3.05, 3.63) is 41.0 Å². The fraction of sp³-hybridized carbons (Fsp3) is 0.476. The maximum absolute atomic E-state index is 13.1. The Labute approximate surface area is 186 Å². The molecule has 0 aromatic carbocycles. The Morgan fingerprint density at radius 3 is 2.81 bits per heavy atom. The molecule has 1 spiro atoms. The first-order valence-corrected chi connectivity index (χ1v) is 12.2. The van der Waals surface area contributed by atoms with E-state index in [2.05, 4.69) is 38.8 Å². The molecule has 1 amide bonds. The van der Waals surface area contributed by atoms with E-state index in [0.29, 0.717) is 24.1 Å². The van der Waals surface area contributed by atoms with E-state index in [1.807, 2.05) is 0 Å². The SMILES string of the molecule is CC1(C)CC23CC2CCNc2cccc(n2)S(=O)(=O)NC(=O)c2ccc(Cl)nc2N1C3. The van der Waals surface area contributed by atoms with Gasteiger partial charge in [-0.05, 0) is 68.7 Å². The zero-order valence-electron chi connectivity index (χ0n) is 17.4. The number of fused-ring (bicyclic) bond motifs is 5. The van der Waals surface area contributed by atoms with Crippen LogP contribution < -0.4 is 14.9 Å². The minimum atomic E-state index is -4.16. The molecule has 2 atom stereocenters. The van der Waals surface area contributed by atoms with Crippen molar-refractivity contribution in [1.82, 2.24) is 14.7 Å². The summed E-state index contributed by atoms with van der Waals surface area (Å²) in [5.41, 5.74) is 0.112. The third-order valence-electron chi connectivity index (χ3n) is 6.71. The number of hydrogen-bond acceptors (Lipinski definition) is 7. The lowest BCUT2D eigenvalue weighted by Gasteiger charge is -2.33. The van der Waals surface area contributed by atoms with Crippen molar-refractivity contribution < 1.29 is 13.2 Å². The van der Waals surface area contributed by atoms with Crippen molar-refractivity contribution in [3.63, 3.8) is 0 Å². The number of carbonyl (C=O) groups excluding carboxylic acids is 1. The van der Waals surface area contributed by atoms with Crippen LogP contribution in [0.3, 0.4) is 0 Å². The number of hydrogen-bond donors (Lipinski definition) is 2. The summed E-state index contributed by atoms with van der Waals surface area (Å²) >= 11 is 6.19. The Bertz CT molecular complexity index is 1190. The molecule has 1 saturated carbocycles. The molecule has 10 heteroatoms. The van der Waals surface area contributed by atoms with E-state index in [-0.39, 0.29) is 26.7 Å². The van der Waals surface area contributed by atoms with Crippen molar-refractivity contribution in [2.24, 2.45) is 11.3 Å². The average Bonchev–Trinajstić information content (AvgIpc) is 3.27. The van der Waals surface area contributed by atoms with Gasteiger partial charge in [-0.3, -0.25) is 4.79 Å². The van der Waals surface area contributed by atoms with Gasteiger partial charge in [0.1, 0.15) is 16.8 Å². The van der Waals surface area contributed by atoms with E-state index < -0.39 is 15.9 Å². The molecular formula is C21H24ClN5O3S. The van der Waals surface area contributed by atoms with E-state index >= 15 is 0 Å². The highest BCUT2D eigenvalue weighted by molar-refractivity contribution is 7.90. The average molecular weight is 462 g/mol. The highest BCUT2D eigenvalue weighted by Crippen LogP contribution is 2.64. The second kappa shape index (κ2) is 6.80. The minimum Gasteiger partial charge on any atom is -0.370 e. The van der Waals surface area contributed by atoms with Crippen LogP contribution in [-0.4, -0.2) is 42.9 Å². The van der Waals surface area contributed by atoms with Crippen molar-refractivity contribution in [3.8, 4) is 0 Å². The molecule has 2 unspecified atom stereocenters. The number of sulfonamides is 1. The number of amides is 1. The topological polar surface area (TPSA) is 104 Å². The largest absolute Gasteiger partial charge is 0.370 e. The van der Waals surface area contributed by atoms with Gasteiger partial charge in [0.25, 0.3) is 15.9 Å². The second-order valence-corrected chi connectivity index (χ2v) is 11.4. The number of rotatable bonds is 0. The van der Waals surface area contributed by atoms with Crippen LogP contribution >= 0.6 is 11.6 Å². The fourth-order valence-electron chi connectivity index (χ4n) is 5.23. The molecule has 4 bridgehead atoms. The molecule has 2 fully saturated rings. The minimum absolute atomic E-state index is 0.171. The molecule has 2 aromatic heterocycles. The van der Waals surface area contributed by atoms with Gasteiger partial charge >= 0.3 is 0 Å². The molecule has 8 nitrogen and oxygen atoms in total. The number of anilines is 2. The van der Waals surface area contributed by atoms with Gasteiger partial charge in [0, 0.05) is 18.6 Å². The number of nitrogens with one attached hydrogen (secondary N) is 2. The summed E-state index contributed by atoms with van der Waals surface area (Å²) in [5, 5.41) is 3.27. The van der Waals surface area contributed by atoms with Gasteiger partial charge in [0.2, 0.25) is 0 Å². The van der Waals surface area contributed by atoms with Crippen LogP contribution in [0.25, 0.3) is 0 Å². The molecule has 2 N–H and O–H groups in total. The van der Waals surface area contributed by atoms with E-state index in [1.165, 1.54) is 18.2 Å². The van der Waals surface area contributed by atoms with Crippen molar-refractivity contribution in [2.75, 3.05) is 23.3 Å². The lowest BCUT2D eigenvalue weighted by molar-refractivity contribution is 0.0981. The summed E-state index contributed by atoms with van der Waals surface area (Å²) in [4.78, 5) is 23.9. The summed E-state index contributed by atoms with van der Waals surface area (Å²) in [7, 11) is -4.16. The Morgan fingerprint density at radius 1 is 1.19 bits per heavy atom. The summed E-state index contributed by atoms with van der Waals surface area (Å²) in [6.07, 6.45) is 3.07. The fourth-order valence-corrected chi connectivity index (χ4v) is 6.31.